The standard InChI is InChI=1S/C17H24N2S/c1-20-12-5-3-2-4-10-18-14-15-8-9-17-16(13-15)7-6-11-19-17/h6-9,11,13,18H,2-5,10,12,14H2,1H3. The van der Waals surface area contributed by atoms with Crippen LogP contribution in [0, 0.1) is 0 Å². The maximum Gasteiger partial charge on any atom is 0.0702 e. The molecule has 0 aliphatic heterocycles. The molecule has 0 fully saturated rings. The maximum atomic E-state index is 4.35. The molecule has 0 saturated heterocycles. The summed E-state index contributed by atoms with van der Waals surface area (Å²) in [5, 5.41) is 4.76. The quantitative estimate of drug-likeness (QED) is 0.698. The fraction of sp³-hybridized carbons (Fsp3) is 0.471. The number of benzene rings is 1. The van der Waals surface area contributed by atoms with Gasteiger partial charge >= 0.3 is 0 Å². The molecule has 2 nitrogen and oxygen atoms in total. The lowest BCUT2D eigenvalue weighted by molar-refractivity contribution is 0.600. The van der Waals surface area contributed by atoms with E-state index >= 15 is 0 Å². The van der Waals surface area contributed by atoms with Gasteiger partial charge in [0.2, 0.25) is 0 Å². The number of hydrogen-bond donors (Lipinski definition) is 1. The van der Waals surface area contributed by atoms with Crippen LogP contribution in [0.2, 0.25) is 0 Å². The van der Waals surface area contributed by atoms with Gasteiger partial charge in [0.25, 0.3) is 0 Å². The van der Waals surface area contributed by atoms with Gasteiger partial charge in [-0.3, -0.25) is 4.98 Å². The summed E-state index contributed by atoms with van der Waals surface area (Å²) in [4.78, 5) is 4.35. The molecule has 3 heteroatoms. The van der Waals surface area contributed by atoms with Crippen molar-refractivity contribution in [3.63, 3.8) is 0 Å². The average molecular weight is 288 g/mol. The average Bonchev–Trinajstić information content (AvgIpc) is 2.50. The van der Waals surface area contributed by atoms with E-state index in [0.29, 0.717) is 0 Å². The molecule has 1 N–H and O–H groups in total. The summed E-state index contributed by atoms with van der Waals surface area (Å²) in [6, 6.07) is 10.6. The molecule has 0 radical (unpaired) electrons. The second-order valence-electron chi connectivity index (χ2n) is 5.11. The number of pyridine rings is 1. The molecule has 0 aliphatic rings. The molecular weight excluding hydrogens is 264 g/mol. The molecular formula is C17H24N2S. The highest BCUT2D eigenvalue weighted by atomic mass is 32.2. The second kappa shape index (κ2) is 8.98. The van der Waals surface area contributed by atoms with Crippen molar-refractivity contribution < 1.29 is 0 Å². The van der Waals surface area contributed by atoms with Crippen molar-refractivity contribution in [1.82, 2.24) is 10.3 Å². The molecule has 0 saturated carbocycles. The van der Waals surface area contributed by atoms with E-state index in [0.717, 1.165) is 18.6 Å². The number of thioether (sulfide) groups is 1. The van der Waals surface area contributed by atoms with Gasteiger partial charge in [0.1, 0.15) is 0 Å². The smallest absolute Gasteiger partial charge is 0.0702 e. The minimum Gasteiger partial charge on any atom is -0.313 e. The molecule has 0 amide bonds. The SMILES string of the molecule is CSCCCCCCNCc1ccc2ncccc2c1. The molecule has 2 aromatic rings. The Hall–Kier alpha value is -1.06. The third kappa shape index (κ3) is 5.14. The third-order valence-electron chi connectivity index (χ3n) is 3.45. The Morgan fingerprint density at radius 3 is 2.90 bits per heavy atom. The highest BCUT2D eigenvalue weighted by molar-refractivity contribution is 7.98. The van der Waals surface area contributed by atoms with Gasteiger partial charge in [-0.05, 0) is 55.2 Å². The monoisotopic (exact) mass is 288 g/mol. The minimum absolute atomic E-state index is 0.954. The van der Waals surface area contributed by atoms with Gasteiger partial charge in [-0.1, -0.05) is 25.0 Å². The van der Waals surface area contributed by atoms with Gasteiger partial charge in [0.15, 0.2) is 0 Å². The van der Waals surface area contributed by atoms with Gasteiger partial charge in [0, 0.05) is 18.1 Å². The Kier molecular flexibility index (Phi) is 6.89. The van der Waals surface area contributed by atoms with E-state index < -0.39 is 0 Å². The van der Waals surface area contributed by atoms with Crippen LogP contribution in [0.1, 0.15) is 31.2 Å². The van der Waals surface area contributed by atoms with Crippen molar-refractivity contribution in [2.75, 3.05) is 18.6 Å². The van der Waals surface area contributed by atoms with Crippen molar-refractivity contribution in [1.29, 1.82) is 0 Å². The minimum atomic E-state index is 0.954. The highest BCUT2D eigenvalue weighted by Crippen LogP contribution is 2.13. The number of hydrogen-bond acceptors (Lipinski definition) is 3. The fourth-order valence-corrected chi connectivity index (χ4v) is 2.81. The maximum absolute atomic E-state index is 4.35. The van der Waals surface area contributed by atoms with Gasteiger partial charge in [-0.15, -0.1) is 0 Å². The van der Waals surface area contributed by atoms with Crippen molar-refractivity contribution in [2.45, 2.75) is 32.2 Å². The Bertz CT molecular complexity index is 513. The molecule has 0 atom stereocenters. The second-order valence-corrected chi connectivity index (χ2v) is 6.10. The van der Waals surface area contributed by atoms with Crippen LogP contribution in [0.4, 0.5) is 0 Å². The summed E-state index contributed by atoms with van der Waals surface area (Å²) in [6.45, 7) is 2.07. The molecule has 0 bridgehead atoms. The molecule has 1 aromatic carbocycles. The third-order valence-corrected chi connectivity index (χ3v) is 4.15. The lowest BCUT2D eigenvalue weighted by Crippen LogP contribution is -2.14. The summed E-state index contributed by atoms with van der Waals surface area (Å²) in [6.07, 6.45) is 9.37. The Labute approximate surface area is 126 Å². The predicted molar refractivity (Wildman–Crippen MR) is 90.3 cm³/mol. The number of fused-ring (bicyclic) bond motifs is 1. The predicted octanol–water partition coefficient (Wildman–Crippen LogP) is 4.25. The van der Waals surface area contributed by atoms with E-state index in [2.05, 4.69) is 40.8 Å². The molecule has 1 aromatic heterocycles. The zero-order valence-corrected chi connectivity index (χ0v) is 13.1. The highest BCUT2D eigenvalue weighted by Gasteiger charge is 1.97. The Morgan fingerprint density at radius 2 is 2.00 bits per heavy atom. The molecule has 20 heavy (non-hydrogen) atoms. The van der Waals surface area contributed by atoms with Crippen LogP contribution in [-0.4, -0.2) is 23.5 Å². The number of nitrogens with zero attached hydrogens (tertiary/aromatic N) is 1. The molecule has 108 valence electrons. The van der Waals surface area contributed by atoms with Gasteiger partial charge in [0.05, 0.1) is 5.52 Å². The van der Waals surface area contributed by atoms with Crippen LogP contribution in [0.25, 0.3) is 10.9 Å². The number of aromatic nitrogens is 1. The molecule has 0 spiro atoms. The summed E-state index contributed by atoms with van der Waals surface area (Å²) >= 11 is 1.95. The van der Waals surface area contributed by atoms with Gasteiger partial charge < -0.3 is 5.32 Å². The van der Waals surface area contributed by atoms with E-state index in [4.69, 9.17) is 0 Å². The van der Waals surface area contributed by atoms with Crippen LogP contribution < -0.4 is 5.32 Å². The van der Waals surface area contributed by atoms with Crippen molar-refractivity contribution in [2.24, 2.45) is 0 Å². The Morgan fingerprint density at radius 1 is 1.10 bits per heavy atom. The van der Waals surface area contributed by atoms with Gasteiger partial charge in [-0.25, -0.2) is 0 Å². The lowest BCUT2D eigenvalue weighted by atomic mass is 10.1. The van der Waals surface area contributed by atoms with Crippen LogP contribution >= 0.6 is 11.8 Å². The van der Waals surface area contributed by atoms with Crippen LogP contribution in [0.3, 0.4) is 0 Å². The molecule has 2 rings (SSSR count). The van der Waals surface area contributed by atoms with Crippen molar-refractivity contribution in [3.05, 3.63) is 42.1 Å². The molecule has 1 heterocycles. The first-order chi connectivity index (χ1) is 9.90. The number of rotatable bonds is 9. The van der Waals surface area contributed by atoms with Crippen molar-refractivity contribution >= 4 is 22.7 Å². The van der Waals surface area contributed by atoms with E-state index in [9.17, 15) is 0 Å². The first-order valence-electron chi connectivity index (χ1n) is 7.43. The van der Waals surface area contributed by atoms with E-state index in [-0.39, 0.29) is 0 Å². The van der Waals surface area contributed by atoms with Crippen LogP contribution in [0.15, 0.2) is 36.5 Å². The van der Waals surface area contributed by atoms with Crippen LogP contribution in [-0.2, 0) is 6.54 Å². The normalized spacial score (nSPS) is 11.1. The first-order valence-corrected chi connectivity index (χ1v) is 8.83. The topological polar surface area (TPSA) is 24.9 Å². The van der Waals surface area contributed by atoms with Gasteiger partial charge in [-0.2, -0.15) is 11.8 Å². The molecule has 0 unspecified atom stereocenters. The molecule has 0 aliphatic carbocycles. The lowest BCUT2D eigenvalue weighted by Gasteiger charge is -2.06. The fourth-order valence-electron chi connectivity index (χ4n) is 2.32. The van der Waals surface area contributed by atoms with E-state index in [1.165, 1.54) is 42.4 Å². The summed E-state index contributed by atoms with van der Waals surface area (Å²) in [5.74, 6) is 1.30. The van der Waals surface area contributed by atoms with Crippen LogP contribution in [0.5, 0.6) is 0 Å². The van der Waals surface area contributed by atoms with E-state index in [1.54, 1.807) is 0 Å². The number of unbranched alkanes of at least 4 members (excludes halogenated alkanes) is 3. The largest absolute Gasteiger partial charge is 0.313 e. The number of nitrogens with one attached hydrogen (secondary N) is 1. The summed E-state index contributed by atoms with van der Waals surface area (Å²) in [7, 11) is 0. The van der Waals surface area contributed by atoms with Crippen molar-refractivity contribution in [3.8, 4) is 0 Å². The van der Waals surface area contributed by atoms with E-state index in [1.807, 2.05) is 24.0 Å². The Balaban J connectivity index is 1.65. The zero-order chi connectivity index (χ0) is 14.0. The summed E-state index contributed by atoms with van der Waals surface area (Å²) < 4.78 is 0. The zero-order valence-electron chi connectivity index (χ0n) is 12.3. The summed E-state index contributed by atoms with van der Waals surface area (Å²) in [5.41, 5.74) is 2.41. The first kappa shape index (κ1) is 15.3.